The van der Waals surface area contributed by atoms with Gasteiger partial charge in [0.05, 0.1) is 28.6 Å². The minimum atomic E-state index is -0.698. The average Bonchev–Trinajstić information content (AvgIpc) is 3.15. The molecule has 3 aromatic rings. The molecule has 8 nitrogen and oxygen atoms in total. The highest BCUT2D eigenvalue weighted by atomic mass is 32.2. The molecule has 1 heterocycles. The van der Waals surface area contributed by atoms with Crippen LogP contribution in [0.2, 0.25) is 0 Å². The molecule has 9 heteroatoms. The van der Waals surface area contributed by atoms with E-state index in [1.54, 1.807) is 62.4 Å². The van der Waals surface area contributed by atoms with Crippen LogP contribution in [0.4, 0.5) is 5.69 Å². The molecule has 0 saturated heterocycles. The molecule has 0 aliphatic heterocycles. The van der Waals surface area contributed by atoms with Crippen LogP contribution in [0, 0.1) is 25.2 Å². The smallest absolute Gasteiger partial charge is 0.339 e. The zero-order chi connectivity index (χ0) is 25.5. The first-order valence-electron chi connectivity index (χ1n) is 10.6. The molecule has 3 rings (SSSR count). The number of aromatic amines is 1. The lowest BCUT2D eigenvalue weighted by Gasteiger charge is -2.10. The van der Waals surface area contributed by atoms with E-state index >= 15 is 0 Å². The number of thioether (sulfide) groups is 1. The minimum Gasteiger partial charge on any atom is -0.454 e. The summed E-state index contributed by atoms with van der Waals surface area (Å²) in [7, 11) is 0. The first-order chi connectivity index (χ1) is 16.7. The SMILES string of the molecule is CC(=O)c1c(C)[nH]c(C(=O)COC(=O)c2ccccc2SCC(=O)Nc2cccc(C#N)c2)c1C. The van der Waals surface area contributed by atoms with Crippen LogP contribution in [0.1, 0.15) is 54.9 Å². The number of amides is 1. The van der Waals surface area contributed by atoms with E-state index in [4.69, 9.17) is 10.00 Å². The minimum absolute atomic E-state index is 0.0226. The van der Waals surface area contributed by atoms with Crippen molar-refractivity contribution >= 4 is 40.9 Å². The summed E-state index contributed by atoms with van der Waals surface area (Å²) in [5, 5.41) is 11.7. The summed E-state index contributed by atoms with van der Waals surface area (Å²) >= 11 is 1.15. The molecule has 0 atom stereocenters. The number of hydrogen-bond acceptors (Lipinski definition) is 7. The summed E-state index contributed by atoms with van der Waals surface area (Å²) in [6.07, 6.45) is 0. The number of carbonyl (C=O) groups excluding carboxylic acids is 4. The molecule has 35 heavy (non-hydrogen) atoms. The maximum Gasteiger partial charge on any atom is 0.339 e. The van der Waals surface area contributed by atoms with Gasteiger partial charge in [-0.3, -0.25) is 14.4 Å². The van der Waals surface area contributed by atoms with Crippen LogP contribution >= 0.6 is 11.8 Å². The number of aromatic nitrogens is 1. The standard InChI is InChI=1S/C26H23N3O5S/c1-15-24(17(3)30)16(2)28-25(15)21(31)13-34-26(33)20-9-4-5-10-22(20)35-14-23(32)29-19-8-6-7-18(11-19)12-27/h4-11,28H,13-14H2,1-3H3,(H,29,32). The molecule has 0 saturated carbocycles. The molecule has 0 bridgehead atoms. The Hall–Kier alpha value is -4.16. The highest BCUT2D eigenvalue weighted by molar-refractivity contribution is 8.00. The first-order valence-corrected chi connectivity index (χ1v) is 11.6. The van der Waals surface area contributed by atoms with Gasteiger partial charge >= 0.3 is 5.97 Å². The Balaban J connectivity index is 1.62. The molecule has 0 aliphatic rings. The van der Waals surface area contributed by atoms with Gasteiger partial charge in [0.25, 0.3) is 0 Å². The van der Waals surface area contributed by atoms with Gasteiger partial charge in [0, 0.05) is 21.8 Å². The van der Waals surface area contributed by atoms with Crippen LogP contribution in [-0.4, -0.2) is 40.8 Å². The predicted octanol–water partition coefficient (Wildman–Crippen LogP) is 4.48. The van der Waals surface area contributed by atoms with Crippen molar-refractivity contribution in [2.24, 2.45) is 0 Å². The highest BCUT2D eigenvalue weighted by Gasteiger charge is 2.22. The molecule has 1 aromatic heterocycles. The summed E-state index contributed by atoms with van der Waals surface area (Å²) in [6.45, 7) is 4.31. The van der Waals surface area contributed by atoms with Gasteiger partial charge in [0.2, 0.25) is 11.7 Å². The third kappa shape index (κ3) is 6.25. The monoisotopic (exact) mass is 489 g/mol. The van der Waals surface area contributed by atoms with Crippen molar-refractivity contribution < 1.29 is 23.9 Å². The lowest BCUT2D eigenvalue weighted by atomic mass is 10.1. The summed E-state index contributed by atoms with van der Waals surface area (Å²) < 4.78 is 5.24. The Labute approximate surface area is 206 Å². The van der Waals surface area contributed by atoms with Gasteiger partial charge in [-0.1, -0.05) is 18.2 Å². The zero-order valence-electron chi connectivity index (χ0n) is 19.4. The summed E-state index contributed by atoms with van der Waals surface area (Å²) in [6, 6.07) is 15.2. The third-order valence-corrected chi connectivity index (χ3v) is 6.22. The summed E-state index contributed by atoms with van der Waals surface area (Å²) in [5.74, 6) is -1.58. The summed E-state index contributed by atoms with van der Waals surface area (Å²) in [5.41, 5.74) is 2.97. The highest BCUT2D eigenvalue weighted by Crippen LogP contribution is 2.24. The number of H-pyrrole nitrogens is 1. The number of aryl methyl sites for hydroxylation is 1. The number of carbonyl (C=O) groups is 4. The molecular formula is C26H23N3O5S. The average molecular weight is 490 g/mol. The molecule has 0 spiro atoms. The van der Waals surface area contributed by atoms with E-state index in [9.17, 15) is 19.2 Å². The molecule has 0 aliphatic carbocycles. The largest absolute Gasteiger partial charge is 0.454 e. The topological polar surface area (TPSA) is 129 Å². The quantitative estimate of drug-likeness (QED) is 0.258. The Kier molecular flexibility index (Phi) is 8.23. The number of anilines is 1. The van der Waals surface area contributed by atoms with Gasteiger partial charge in [0.15, 0.2) is 12.4 Å². The van der Waals surface area contributed by atoms with Crippen LogP contribution in [0.25, 0.3) is 0 Å². The van der Waals surface area contributed by atoms with E-state index in [1.165, 1.54) is 6.92 Å². The molecule has 1 amide bonds. The second kappa shape index (κ2) is 11.3. The Bertz CT molecular complexity index is 1350. The van der Waals surface area contributed by atoms with E-state index in [2.05, 4.69) is 10.3 Å². The Morgan fingerprint density at radius 1 is 1.09 bits per heavy atom. The Morgan fingerprint density at radius 2 is 1.83 bits per heavy atom. The fraction of sp³-hybridized carbons (Fsp3) is 0.192. The molecule has 0 fully saturated rings. The van der Waals surface area contributed by atoms with Gasteiger partial charge in [0.1, 0.15) is 0 Å². The Morgan fingerprint density at radius 3 is 2.51 bits per heavy atom. The number of nitrogens with zero attached hydrogens (tertiary/aromatic N) is 1. The number of hydrogen-bond donors (Lipinski definition) is 2. The second-order valence-corrected chi connectivity index (χ2v) is 8.72. The van der Waals surface area contributed by atoms with Crippen molar-refractivity contribution in [2.75, 3.05) is 17.7 Å². The fourth-order valence-corrected chi connectivity index (χ4v) is 4.45. The van der Waals surface area contributed by atoms with Crippen LogP contribution in [0.3, 0.4) is 0 Å². The maximum atomic E-state index is 12.7. The summed E-state index contributed by atoms with van der Waals surface area (Å²) in [4.78, 5) is 52.9. The van der Waals surface area contributed by atoms with Crippen molar-refractivity contribution in [3.05, 3.63) is 82.2 Å². The van der Waals surface area contributed by atoms with Crippen molar-refractivity contribution in [3.8, 4) is 6.07 Å². The van der Waals surface area contributed by atoms with Crippen LogP contribution < -0.4 is 5.32 Å². The molecule has 0 unspecified atom stereocenters. The molecule has 2 N–H and O–H groups in total. The number of nitriles is 1. The lowest BCUT2D eigenvalue weighted by molar-refractivity contribution is -0.113. The molecule has 0 radical (unpaired) electrons. The number of Topliss-reactive ketones (excluding diaryl/α,β-unsaturated/α-hetero) is 2. The number of ketones is 2. The van der Waals surface area contributed by atoms with Crippen LogP contribution in [0.15, 0.2) is 53.4 Å². The number of ether oxygens (including phenoxy) is 1. The first kappa shape index (κ1) is 25.5. The van der Waals surface area contributed by atoms with Gasteiger partial charge in [-0.05, 0) is 56.7 Å². The number of benzene rings is 2. The lowest BCUT2D eigenvalue weighted by Crippen LogP contribution is -2.17. The zero-order valence-corrected chi connectivity index (χ0v) is 20.2. The van der Waals surface area contributed by atoms with E-state index < -0.39 is 18.4 Å². The predicted molar refractivity (Wildman–Crippen MR) is 132 cm³/mol. The van der Waals surface area contributed by atoms with E-state index in [1.807, 2.05) is 6.07 Å². The van der Waals surface area contributed by atoms with Crippen molar-refractivity contribution in [1.82, 2.24) is 4.98 Å². The van der Waals surface area contributed by atoms with E-state index in [0.717, 1.165) is 11.8 Å². The van der Waals surface area contributed by atoms with Gasteiger partial charge in [-0.15, -0.1) is 11.8 Å². The molecular weight excluding hydrogens is 466 g/mol. The van der Waals surface area contributed by atoms with Crippen molar-refractivity contribution in [3.63, 3.8) is 0 Å². The van der Waals surface area contributed by atoms with Gasteiger partial charge in [-0.2, -0.15) is 5.26 Å². The fourth-order valence-electron chi connectivity index (χ4n) is 3.61. The number of esters is 1. The van der Waals surface area contributed by atoms with Crippen molar-refractivity contribution in [2.45, 2.75) is 25.7 Å². The maximum absolute atomic E-state index is 12.7. The van der Waals surface area contributed by atoms with Gasteiger partial charge < -0.3 is 15.0 Å². The molecule has 2 aromatic carbocycles. The number of nitrogens with one attached hydrogen (secondary N) is 2. The normalized spacial score (nSPS) is 10.3. The third-order valence-electron chi connectivity index (χ3n) is 5.14. The number of rotatable bonds is 9. The molecule has 178 valence electrons. The van der Waals surface area contributed by atoms with Crippen LogP contribution in [-0.2, 0) is 9.53 Å². The van der Waals surface area contributed by atoms with E-state index in [0.29, 0.717) is 33.0 Å². The van der Waals surface area contributed by atoms with Crippen LogP contribution in [0.5, 0.6) is 0 Å². The van der Waals surface area contributed by atoms with Gasteiger partial charge in [-0.25, -0.2) is 4.79 Å². The van der Waals surface area contributed by atoms with Crippen molar-refractivity contribution in [1.29, 1.82) is 5.26 Å². The second-order valence-electron chi connectivity index (χ2n) is 7.71. The van der Waals surface area contributed by atoms with E-state index in [-0.39, 0.29) is 28.7 Å².